The molecule has 27 heavy (non-hydrogen) atoms. The Bertz CT molecular complexity index is 901. The van der Waals surface area contributed by atoms with Crippen molar-refractivity contribution >= 4 is 23.4 Å². The van der Waals surface area contributed by atoms with E-state index in [1.165, 1.54) is 17.3 Å². The van der Waals surface area contributed by atoms with Crippen molar-refractivity contribution < 1.29 is 4.79 Å². The number of nitriles is 1. The molecule has 1 aliphatic rings. The third-order valence-corrected chi connectivity index (χ3v) is 6.41. The molecule has 1 aliphatic carbocycles. The van der Waals surface area contributed by atoms with Gasteiger partial charge < -0.3 is 5.32 Å². The summed E-state index contributed by atoms with van der Waals surface area (Å²) >= 11 is 1.41. The van der Waals surface area contributed by atoms with Gasteiger partial charge in [-0.15, -0.1) is 0 Å². The maximum absolute atomic E-state index is 13.0. The number of hydrogen-bond donors (Lipinski definition) is 1. The van der Waals surface area contributed by atoms with E-state index in [4.69, 9.17) is 4.98 Å². The summed E-state index contributed by atoms with van der Waals surface area (Å²) in [6.45, 7) is 6.10. The van der Waals surface area contributed by atoms with Crippen LogP contribution in [0.2, 0.25) is 0 Å². The summed E-state index contributed by atoms with van der Waals surface area (Å²) in [5, 5.41) is 13.0. The number of carbonyl (C=O) groups is 1. The van der Waals surface area contributed by atoms with E-state index in [9.17, 15) is 10.1 Å². The average molecular weight is 380 g/mol. The number of pyridine rings is 1. The van der Waals surface area contributed by atoms with Gasteiger partial charge in [0.1, 0.15) is 11.1 Å². The number of nitrogens with zero attached hydrogens (tertiary/aromatic N) is 2. The molecule has 0 aliphatic heterocycles. The van der Waals surface area contributed by atoms with Crippen molar-refractivity contribution in [2.45, 2.75) is 63.2 Å². The van der Waals surface area contributed by atoms with Crippen LogP contribution in [0.3, 0.4) is 0 Å². The average Bonchev–Trinajstić information content (AvgIpc) is 3.13. The molecule has 4 nitrogen and oxygen atoms in total. The topological polar surface area (TPSA) is 65.8 Å². The second-order valence-corrected chi connectivity index (χ2v) is 8.07. The van der Waals surface area contributed by atoms with Gasteiger partial charge in [-0.1, -0.05) is 43.8 Å². The van der Waals surface area contributed by atoms with Crippen LogP contribution in [0.25, 0.3) is 0 Å². The highest BCUT2D eigenvalue weighted by Gasteiger charge is 2.24. The molecule has 1 heterocycles. The fourth-order valence-electron chi connectivity index (χ4n) is 3.49. The summed E-state index contributed by atoms with van der Waals surface area (Å²) < 4.78 is 0. The number of carbonyl (C=O) groups excluding carboxylic acids is 1. The van der Waals surface area contributed by atoms with Gasteiger partial charge in [-0.25, -0.2) is 4.98 Å². The molecule has 0 saturated heterocycles. The molecule has 0 fully saturated rings. The van der Waals surface area contributed by atoms with Gasteiger partial charge in [0.05, 0.1) is 10.8 Å². The molecule has 1 N–H and O–H groups in total. The number of aromatic nitrogens is 1. The Labute approximate surface area is 165 Å². The summed E-state index contributed by atoms with van der Waals surface area (Å²) in [6, 6.07) is 10.3. The Morgan fingerprint density at radius 3 is 2.89 bits per heavy atom. The Morgan fingerprint density at radius 1 is 1.37 bits per heavy atom. The molecule has 0 spiro atoms. The lowest BCUT2D eigenvalue weighted by Gasteiger charge is -2.18. The Balaban J connectivity index is 1.82. The smallest absolute Gasteiger partial charge is 0.237 e. The fourth-order valence-corrected chi connectivity index (χ4v) is 4.48. The Kier molecular flexibility index (Phi) is 6.18. The molecule has 1 atom stereocenters. The van der Waals surface area contributed by atoms with Crippen LogP contribution in [0.5, 0.6) is 0 Å². The number of anilines is 1. The van der Waals surface area contributed by atoms with Crippen LogP contribution in [0.15, 0.2) is 29.3 Å². The van der Waals surface area contributed by atoms with Crippen LogP contribution < -0.4 is 5.32 Å². The minimum Gasteiger partial charge on any atom is -0.325 e. The summed E-state index contributed by atoms with van der Waals surface area (Å²) in [5.41, 5.74) is 5.95. The molecule has 1 aromatic carbocycles. The van der Waals surface area contributed by atoms with Gasteiger partial charge in [-0.2, -0.15) is 5.26 Å². The number of rotatable bonds is 6. The number of hydrogen-bond acceptors (Lipinski definition) is 4. The number of thioether (sulfide) groups is 1. The second kappa shape index (κ2) is 8.58. The number of fused-ring (bicyclic) bond motifs is 1. The number of benzene rings is 1. The van der Waals surface area contributed by atoms with Gasteiger partial charge in [-0.3, -0.25) is 4.79 Å². The highest BCUT2D eigenvalue weighted by atomic mass is 32.2. The highest BCUT2D eigenvalue weighted by Crippen LogP contribution is 2.32. The minimum absolute atomic E-state index is 0.0299. The monoisotopic (exact) mass is 379 g/mol. The van der Waals surface area contributed by atoms with E-state index < -0.39 is 0 Å². The largest absolute Gasteiger partial charge is 0.325 e. The quantitative estimate of drug-likeness (QED) is 0.731. The number of amides is 1. The zero-order valence-electron chi connectivity index (χ0n) is 16.1. The minimum atomic E-state index is -0.284. The molecule has 0 saturated carbocycles. The lowest BCUT2D eigenvalue weighted by atomic mass is 10.1. The van der Waals surface area contributed by atoms with Gasteiger partial charge >= 0.3 is 0 Å². The van der Waals surface area contributed by atoms with Crippen LogP contribution in [0.1, 0.15) is 54.6 Å². The van der Waals surface area contributed by atoms with E-state index in [1.54, 1.807) is 0 Å². The normalized spacial score (nSPS) is 13.7. The van der Waals surface area contributed by atoms with Gasteiger partial charge in [0, 0.05) is 11.4 Å². The van der Waals surface area contributed by atoms with Crippen molar-refractivity contribution in [3.05, 3.63) is 52.2 Å². The summed E-state index contributed by atoms with van der Waals surface area (Å²) in [6.07, 6.45) is 4.58. The van der Waals surface area contributed by atoms with E-state index in [1.807, 2.05) is 38.1 Å². The third kappa shape index (κ3) is 4.17. The maximum atomic E-state index is 13.0. The molecular weight excluding hydrogens is 354 g/mol. The molecule has 5 heteroatoms. The predicted octanol–water partition coefficient (Wildman–Crippen LogP) is 4.82. The lowest BCUT2D eigenvalue weighted by molar-refractivity contribution is -0.115. The molecule has 1 unspecified atom stereocenters. The Morgan fingerprint density at radius 2 is 2.19 bits per heavy atom. The maximum Gasteiger partial charge on any atom is 0.237 e. The molecule has 140 valence electrons. The van der Waals surface area contributed by atoms with Gasteiger partial charge in [0.15, 0.2) is 0 Å². The van der Waals surface area contributed by atoms with Crippen molar-refractivity contribution in [2.75, 3.05) is 5.32 Å². The van der Waals surface area contributed by atoms with Crippen molar-refractivity contribution in [2.24, 2.45) is 0 Å². The second-order valence-electron chi connectivity index (χ2n) is 6.88. The number of nitrogens with one attached hydrogen (secondary N) is 1. The fraction of sp³-hybridized carbons (Fsp3) is 0.409. The zero-order valence-corrected chi connectivity index (χ0v) is 16.9. The van der Waals surface area contributed by atoms with Gasteiger partial charge in [0.2, 0.25) is 5.91 Å². The van der Waals surface area contributed by atoms with Crippen molar-refractivity contribution in [3.63, 3.8) is 0 Å². The molecule has 3 rings (SSSR count). The molecule has 0 radical (unpaired) electrons. The zero-order chi connectivity index (χ0) is 19.4. The first-order chi connectivity index (χ1) is 13.1. The first-order valence-corrected chi connectivity index (χ1v) is 10.4. The van der Waals surface area contributed by atoms with E-state index in [0.717, 1.165) is 48.2 Å². The summed E-state index contributed by atoms with van der Waals surface area (Å²) in [7, 11) is 0. The predicted molar refractivity (Wildman–Crippen MR) is 110 cm³/mol. The van der Waals surface area contributed by atoms with E-state index in [2.05, 4.69) is 18.3 Å². The van der Waals surface area contributed by atoms with E-state index >= 15 is 0 Å². The summed E-state index contributed by atoms with van der Waals surface area (Å²) in [4.78, 5) is 17.7. The van der Waals surface area contributed by atoms with Crippen LogP contribution in [-0.4, -0.2) is 16.1 Å². The molecular formula is C22H25N3OS. The van der Waals surface area contributed by atoms with Crippen LogP contribution in [0, 0.1) is 18.3 Å². The Hall–Kier alpha value is -2.32. The SMILES string of the molecule is CCc1cccc(C)c1NC(=O)C(CC)Sc1nc2c(cc1C#N)CCC2. The van der Waals surface area contributed by atoms with E-state index in [-0.39, 0.29) is 11.2 Å². The van der Waals surface area contributed by atoms with Crippen LogP contribution in [-0.2, 0) is 24.1 Å². The van der Waals surface area contributed by atoms with Crippen LogP contribution >= 0.6 is 11.8 Å². The van der Waals surface area contributed by atoms with Crippen LogP contribution in [0.4, 0.5) is 5.69 Å². The third-order valence-electron chi connectivity index (χ3n) is 5.04. The van der Waals surface area contributed by atoms with Gasteiger partial charge in [0.25, 0.3) is 0 Å². The van der Waals surface area contributed by atoms with E-state index in [0.29, 0.717) is 17.0 Å². The van der Waals surface area contributed by atoms with Gasteiger partial charge in [-0.05, 0) is 61.8 Å². The molecule has 2 aromatic rings. The molecule has 1 aromatic heterocycles. The first-order valence-electron chi connectivity index (χ1n) is 9.56. The number of aryl methyl sites for hydroxylation is 4. The highest BCUT2D eigenvalue weighted by molar-refractivity contribution is 8.00. The molecule has 0 bridgehead atoms. The van der Waals surface area contributed by atoms with Crippen molar-refractivity contribution in [1.29, 1.82) is 5.26 Å². The van der Waals surface area contributed by atoms with Crippen molar-refractivity contribution in [3.8, 4) is 6.07 Å². The lowest BCUT2D eigenvalue weighted by Crippen LogP contribution is -2.26. The molecule has 1 amide bonds. The summed E-state index contributed by atoms with van der Waals surface area (Å²) in [5.74, 6) is -0.0299. The standard InChI is InChI=1S/C22H25N3OS/c1-4-15-9-6-8-14(3)20(15)25-21(26)19(5-2)27-22-17(13-23)12-16-10-7-11-18(16)24-22/h6,8-9,12,19H,4-5,7,10-11H2,1-3H3,(H,25,26). The number of para-hydroxylation sites is 1. The first kappa shape index (κ1) is 19.4. The van der Waals surface area contributed by atoms with Crippen molar-refractivity contribution in [1.82, 2.24) is 4.98 Å².